The van der Waals surface area contributed by atoms with Crippen molar-refractivity contribution < 1.29 is 9.90 Å². The van der Waals surface area contributed by atoms with E-state index in [1.165, 1.54) is 57.8 Å². The van der Waals surface area contributed by atoms with Gasteiger partial charge in [0.1, 0.15) is 0 Å². The molecule has 1 saturated carbocycles. The Morgan fingerprint density at radius 1 is 1.00 bits per heavy atom. The van der Waals surface area contributed by atoms with Crippen LogP contribution in [0.5, 0.6) is 0 Å². The molecule has 0 aromatic carbocycles. The van der Waals surface area contributed by atoms with Crippen LogP contribution in [0.2, 0.25) is 0 Å². The number of hydrogen-bond acceptors (Lipinski definition) is 2. The van der Waals surface area contributed by atoms with Gasteiger partial charge in [-0.15, -0.1) is 0 Å². The fourth-order valence-corrected chi connectivity index (χ4v) is 3.05. The van der Waals surface area contributed by atoms with Gasteiger partial charge in [0.05, 0.1) is 6.61 Å². The lowest BCUT2D eigenvalue weighted by atomic mass is 9.91. The number of hydrogen-bond donors (Lipinski definition) is 1. The third kappa shape index (κ3) is 7.85. The summed E-state index contributed by atoms with van der Waals surface area (Å²) >= 11 is 0. The summed E-state index contributed by atoms with van der Waals surface area (Å²) in [5.41, 5.74) is 0. The van der Waals surface area contributed by atoms with Gasteiger partial charge in [0.2, 0.25) is 5.91 Å². The first-order chi connectivity index (χ1) is 10.3. The minimum absolute atomic E-state index is 0.0972. The third-order valence-corrected chi connectivity index (χ3v) is 4.67. The van der Waals surface area contributed by atoms with E-state index in [0.29, 0.717) is 19.0 Å². The molecule has 0 radical (unpaired) electrons. The van der Waals surface area contributed by atoms with Gasteiger partial charge < -0.3 is 10.0 Å². The summed E-state index contributed by atoms with van der Waals surface area (Å²) in [5, 5.41) is 9.09. The van der Waals surface area contributed by atoms with E-state index in [0.717, 1.165) is 19.3 Å². The smallest absolute Gasteiger partial charge is 0.222 e. The predicted molar refractivity (Wildman–Crippen MR) is 88.3 cm³/mol. The van der Waals surface area contributed by atoms with Crippen LogP contribution in [0.3, 0.4) is 0 Å². The average molecular weight is 297 g/mol. The van der Waals surface area contributed by atoms with Crippen molar-refractivity contribution in [1.82, 2.24) is 4.90 Å². The fraction of sp³-hybridized carbons (Fsp3) is 0.944. The van der Waals surface area contributed by atoms with Crippen LogP contribution in [0.1, 0.15) is 90.4 Å². The van der Waals surface area contributed by atoms with Crippen molar-refractivity contribution in [3.05, 3.63) is 0 Å². The van der Waals surface area contributed by atoms with E-state index in [4.69, 9.17) is 5.11 Å². The van der Waals surface area contributed by atoms with Gasteiger partial charge in [-0.2, -0.15) is 0 Å². The number of carbonyl (C=O) groups is 1. The first-order valence-corrected chi connectivity index (χ1v) is 9.20. The molecule has 0 atom stereocenters. The topological polar surface area (TPSA) is 40.5 Å². The Morgan fingerprint density at radius 3 is 2.05 bits per heavy atom. The van der Waals surface area contributed by atoms with Crippen LogP contribution in [0.15, 0.2) is 0 Å². The van der Waals surface area contributed by atoms with Crippen LogP contribution in [0.4, 0.5) is 0 Å². The second-order valence-electron chi connectivity index (χ2n) is 6.47. The Morgan fingerprint density at radius 2 is 1.57 bits per heavy atom. The highest BCUT2D eigenvalue weighted by atomic mass is 16.3. The van der Waals surface area contributed by atoms with Gasteiger partial charge in [0.15, 0.2) is 0 Å². The summed E-state index contributed by atoms with van der Waals surface area (Å²) in [6.07, 6.45) is 15.7. The average Bonchev–Trinajstić information content (AvgIpc) is 2.43. The van der Waals surface area contributed by atoms with Crippen molar-refractivity contribution in [3.8, 4) is 0 Å². The van der Waals surface area contributed by atoms with Crippen LogP contribution in [0.25, 0.3) is 0 Å². The number of amides is 1. The van der Waals surface area contributed by atoms with E-state index in [2.05, 4.69) is 6.92 Å². The van der Waals surface area contributed by atoms with Gasteiger partial charge in [0, 0.05) is 19.0 Å². The van der Waals surface area contributed by atoms with E-state index < -0.39 is 0 Å². The van der Waals surface area contributed by atoms with Gasteiger partial charge in [-0.1, -0.05) is 58.3 Å². The number of carbonyl (C=O) groups excluding carboxylic acids is 1. The zero-order valence-corrected chi connectivity index (χ0v) is 14.0. The second kappa shape index (κ2) is 12.0. The van der Waals surface area contributed by atoms with Crippen molar-refractivity contribution in [2.24, 2.45) is 0 Å². The molecular weight excluding hydrogens is 262 g/mol. The highest BCUT2D eigenvalue weighted by Crippen LogP contribution is 2.25. The Balaban J connectivity index is 1.99. The van der Waals surface area contributed by atoms with Crippen LogP contribution in [-0.2, 0) is 4.79 Å². The van der Waals surface area contributed by atoms with Crippen LogP contribution in [-0.4, -0.2) is 35.1 Å². The van der Waals surface area contributed by atoms with Crippen LogP contribution >= 0.6 is 0 Å². The Hall–Kier alpha value is -0.570. The van der Waals surface area contributed by atoms with Gasteiger partial charge in [-0.05, 0) is 25.7 Å². The minimum Gasteiger partial charge on any atom is -0.395 e. The van der Waals surface area contributed by atoms with Crippen LogP contribution in [0, 0.1) is 0 Å². The lowest BCUT2D eigenvalue weighted by Gasteiger charge is -2.37. The van der Waals surface area contributed by atoms with Gasteiger partial charge in [-0.25, -0.2) is 0 Å². The third-order valence-electron chi connectivity index (χ3n) is 4.67. The zero-order chi connectivity index (χ0) is 15.3. The Kier molecular flexibility index (Phi) is 10.6. The maximum atomic E-state index is 12.2. The normalized spacial score (nSPS) is 15.0. The van der Waals surface area contributed by atoms with Gasteiger partial charge in [-0.3, -0.25) is 4.79 Å². The second-order valence-corrected chi connectivity index (χ2v) is 6.47. The molecule has 21 heavy (non-hydrogen) atoms. The van der Waals surface area contributed by atoms with E-state index in [1.54, 1.807) is 0 Å². The molecule has 1 amide bonds. The van der Waals surface area contributed by atoms with Crippen molar-refractivity contribution >= 4 is 5.91 Å². The number of nitrogens with zero attached hydrogens (tertiary/aromatic N) is 1. The first-order valence-electron chi connectivity index (χ1n) is 9.20. The summed E-state index contributed by atoms with van der Waals surface area (Å²) in [6.45, 7) is 2.88. The molecule has 0 aromatic heterocycles. The van der Waals surface area contributed by atoms with Crippen molar-refractivity contribution in [1.29, 1.82) is 0 Å². The molecule has 0 aromatic rings. The monoisotopic (exact) mass is 297 g/mol. The molecule has 124 valence electrons. The summed E-state index contributed by atoms with van der Waals surface area (Å²) in [4.78, 5) is 14.1. The molecule has 0 saturated heterocycles. The Labute approximate surface area is 131 Å². The molecule has 0 aliphatic heterocycles. The SMILES string of the molecule is CCCCCCCCCCCC(=O)N(CCO)C1CCC1. The lowest BCUT2D eigenvalue weighted by Crippen LogP contribution is -2.45. The molecule has 0 bridgehead atoms. The fourth-order valence-electron chi connectivity index (χ4n) is 3.05. The number of rotatable bonds is 13. The Bertz CT molecular complexity index is 264. The summed E-state index contributed by atoms with van der Waals surface area (Å²) < 4.78 is 0. The molecule has 1 rings (SSSR count). The number of aliphatic hydroxyl groups is 1. The van der Waals surface area contributed by atoms with Crippen molar-refractivity contribution in [3.63, 3.8) is 0 Å². The molecule has 1 fully saturated rings. The highest BCUT2D eigenvalue weighted by molar-refractivity contribution is 5.76. The van der Waals surface area contributed by atoms with Crippen LogP contribution < -0.4 is 0 Å². The quantitative estimate of drug-likeness (QED) is 0.515. The molecule has 1 N–H and O–H groups in total. The van der Waals surface area contributed by atoms with E-state index in [-0.39, 0.29) is 12.5 Å². The van der Waals surface area contributed by atoms with E-state index in [9.17, 15) is 4.79 Å². The van der Waals surface area contributed by atoms with E-state index >= 15 is 0 Å². The first kappa shape index (κ1) is 18.5. The molecule has 1 aliphatic carbocycles. The lowest BCUT2D eigenvalue weighted by molar-refractivity contribution is -0.136. The van der Waals surface area contributed by atoms with Gasteiger partial charge in [0.25, 0.3) is 0 Å². The summed E-state index contributed by atoms with van der Waals surface area (Å²) in [6, 6.07) is 0.420. The zero-order valence-electron chi connectivity index (χ0n) is 14.0. The molecule has 1 aliphatic rings. The predicted octanol–water partition coefficient (Wildman–Crippen LogP) is 4.28. The molecule has 0 spiro atoms. The van der Waals surface area contributed by atoms with E-state index in [1.807, 2.05) is 4.90 Å². The number of unbranched alkanes of at least 4 members (excludes halogenated alkanes) is 8. The maximum absolute atomic E-state index is 12.2. The van der Waals surface area contributed by atoms with Crippen molar-refractivity contribution in [2.75, 3.05) is 13.2 Å². The highest BCUT2D eigenvalue weighted by Gasteiger charge is 2.27. The molecule has 3 heteroatoms. The molecular formula is C18H35NO2. The standard InChI is InChI=1S/C18H35NO2/c1-2-3-4-5-6-7-8-9-10-14-18(21)19(15-16-20)17-12-11-13-17/h17,20H,2-16H2,1H3. The summed E-state index contributed by atoms with van der Waals surface area (Å²) in [5.74, 6) is 0.261. The maximum Gasteiger partial charge on any atom is 0.222 e. The number of aliphatic hydroxyl groups excluding tert-OH is 1. The van der Waals surface area contributed by atoms with Crippen molar-refractivity contribution in [2.45, 2.75) is 96.4 Å². The molecule has 0 unspecified atom stereocenters. The molecule has 3 nitrogen and oxygen atoms in total. The minimum atomic E-state index is 0.0972. The summed E-state index contributed by atoms with van der Waals surface area (Å²) in [7, 11) is 0. The molecule has 0 heterocycles. The van der Waals surface area contributed by atoms with Gasteiger partial charge >= 0.3 is 0 Å². The largest absolute Gasteiger partial charge is 0.395 e.